The number of fused-ring (bicyclic) bond motifs is 2. The Labute approximate surface area is 365 Å². The lowest BCUT2D eigenvalue weighted by atomic mass is 9.74. The third kappa shape index (κ3) is 8.94. The average molecular weight is 901 g/mol. The van der Waals surface area contributed by atoms with Gasteiger partial charge in [0.15, 0.2) is 11.4 Å². The van der Waals surface area contributed by atoms with Crippen molar-refractivity contribution in [3.05, 3.63) is 87.5 Å². The Hall–Kier alpha value is -5.50. The Kier molecular flexibility index (Phi) is 12.8. The number of nitrogens with zero attached hydrogens (tertiary/aromatic N) is 7. The van der Waals surface area contributed by atoms with E-state index in [4.69, 9.17) is 9.47 Å². The number of aryl methyl sites for hydroxylation is 1. The number of alkyl halides is 6. The van der Waals surface area contributed by atoms with Crippen molar-refractivity contribution in [2.75, 3.05) is 60.2 Å². The van der Waals surface area contributed by atoms with E-state index >= 15 is 13.2 Å². The van der Waals surface area contributed by atoms with Gasteiger partial charge < -0.3 is 29.1 Å². The van der Waals surface area contributed by atoms with Gasteiger partial charge in [0.2, 0.25) is 11.8 Å². The van der Waals surface area contributed by atoms with Crippen LogP contribution >= 0.6 is 0 Å². The van der Waals surface area contributed by atoms with Gasteiger partial charge >= 0.3 is 12.4 Å². The molecule has 1 aromatic carbocycles. The minimum absolute atomic E-state index is 0.0289. The zero-order valence-corrected chi connectivity index (χ0v) is 35.5. The van der Waals surface area contributed by atoms with Gasteiger partial charge in [0.05, 0.1) is 36.0 Å². The molecular formula is C44H50F6N8O6. The van der Waals surface area contributed by atoms with Crippen LogP contribution in [0.4, 0.5) is 26.3 Å². The number of likely N-dealkylation sites (tertiary alicyclic amines) is 2. The van der Waals surface area contributed by atoms with Crippen molar-refractivity contribution in [3.8, 4) is 0 Å². The Morgan fingerprint density at radius 2 is 1.39 bits per heavy atom. The van der Waals surface area contributed by atoms with E-state index in [1.165, 1.54) is 46.9 Å². The molecule has 2 unspecified atom stereocenters. The molecule has 0 radical (unpaired) electrons. The highest BCUT2D eigenvalue weighted by molar-refractivity contribution is 5.95. The van der Waals surface area contributed by atoms with Gasteiger partial charge in [-0.25, -0.2) is 4.68 Å². The summed E-state index contributed by atoms with van der Waals surface area (Å²) in [5, 5.41) is 11.9. The fourth-order valence-electron chi connectivity index (χ4n) is 9.99. The summed E-state index contributed by atoms with van der Waals surface area (Å²) >= 11 is 0. The summed E-state index contributed by atoms with van der Waals surface area (Å²) in [4.78, 5) is 59.8. The van der Waals surface area contributed by atoms with Crippen molar-refractivity contribution in [1.29, 1.82) is 0 Å². The van der Waals surface area contributed by atoms with E-state index in [-0.39, 0.29) is 112 Å². The van der Waals surface area contributed by atoms with Crippen molar-refractivity contribution >= 4 is 29.3 Å². The van der Waals surface area contributed by atoms with Crippen LogP contribution in [0.15, 0.2) is 42.5 Å². The summed E-state index contributed by atoms with van der Waals surface area (Å²) in [7, 11) is 2.79. The Balaban J connectivity index is 0.990. The first-order chi connectivity index (χ1) is 30.6. The van der Waals surface area contributed by atoms with Gasteiger partial charge in [-0.2, -0.15) is 36.5 Å². The molecule has 0 bridgehead atoms. The lowest BCUT2D eigenvalue weighted by molar-refractivity contribution is -0.175. The van der Waals surface area contributed by atoms with Crippen molar-refractivity contribution in [3.63, 3.8) is 0 Å². The number of nitrogens with one attached hydrogen (secondary N) is 1. The topological polar surface area (TPSA) is 146 Å². The number of ether oxygens (including phenoxy) is 2. The van der Waals surface area contributed by atoms with Gasteiger partial charge in [-0.1, -0.05) is 24.3 Å². The highest BCUT2D eigenvalue weighted by Crippen LogP contribution is 2.45. The highest BCUT2D eigenvalue weighted by Gasteiger charge is 2.48. The van der Waals surface area contributed by atoms with E-state index < -0.39 is 47.5 Å². The van der Waals surface area contributed by atoms with E-state index in [1.54, 1.807) is 21.9 Å². The molecule has 2 aromatic heterocycles. The van der Waals surface area contributed by atoms with Crippen molar-refractivity contribution in [2.24, 2.45) is 17.8 Å². The number of carbonyl (C=O) groups excluding carboxylic acids is 4. The molecular weight excluding hydrogens is 851 g/mol. The average Bonchev–Trinajstić information content (AvgIpc) is 3.95. The summed E-state index contributed by atoms with van der Waals surface area (Å²) in [5.74, 6) is -5.23. The smallest absolute Gasteiger partial charge is 0.375 e. The molecule has 64 heavy (non-hydrogen) atoms. The molecule has 20 heteroatoms. The van der Waals surface area contributed by atoms with E-state index in [9.17, 15) is 32.3 Å². The van der Waals surface area contributed by atoms with Crippen LogP contribution in [0.25, 0.3) is 5.70 Å². The molecule has 4 amide bonds. The van der Waals surface area contributed by atoms with Crippen LogP contribution in [-0.4, -0.2) is 130 Å². The number of carbonyl (C=O) groups is 4. The molecule has 8 rings (SSSR count). The summed E-state index contributed by atoms with van der Waals surface area (Å²) in [6, 6.07) is 5.40. The predicted octanol–water partition coefficient (Wildman–Crippen LogP) is 5.81. The van der Waals surface area contributed by atoms with Crippen LogP contribution < -0.4 is 0 Å². The minimum Gasteiger partial charge on any atom is -0.375 e. The number of benzene rings is 1. The fraction of sp³-hybridized carbons (Fsp3) is 0.545. The molecule has 2 saturated heterocycles. The molecule has 6 heterocycles. The number of hydrogen-bond donors (Lipinski definition) is 1. The first-order valence-corrected chi connectivity index (χ1v) is 21.5. The number of methoxy groups -OCH3 is 2. The number of rotatable bonds is 9. The third-order valence-electron chi connectivity index (χ3n) is 13.3. The maximum atomic E-state index is 15.1. The maximum Gasteiger partial charge on any atom is 0.416 e. The van der Waals surface area contributed by atoms with Gasteiger partial charge in [0.1, 0.15) is 13.2 Å². The first kappa shape index (κ1) is 45.1. The van der Waals surface area contributed by atoms with Gasteiger partial charge in [-0.3, -0.25) is 24.3 Å². The van der Waals surface area contributed by atoms with Crippen LogP contribution in [0.3, 0.4) is 0 Å². The fourth-order valence-corrected chi connectivity index (χ4v) is 9.99. The minimum atomic E-state index is -4.67. The number of allylic oxidation sites excluding steroid dienone is 4. The molecule has 5 aliphatic rings. The molecule has 344 valence electrons. The van der Waals surface area contributed by atoms with Crippen LogP contribution in [0.1, 0.15) is 92.6 Å². The number of amides is 4. The number of aromatic nitrogens is 4. The third-order valence-corrected chi connectivity index (χ3v) is 13.3. The zero-order chi connectivity index (χ0) is 45.5. The van der Waals surface area contributed by atoms with Crippen molar-refractivity contribution in [1.82, 2.24) is 39.6 Å². The molecule has 0 saturated carbocycles. The van der Waals surface area contributed by atoms with Crippen molar-refractivity contribution in [2.45, 2.75) is 76.4 Å². The first-order valence-electron chi connectivity index (χ1n) is 21.5. The van der Waals surface area contributed by atoms with Gasteiger partial charge in [0, 0.05) is 70.3 Å². The molecule has 0 spiro atoms. The second-order valence-electron chi connectivity index (χ2n) is 17.1. The van der Waals surface area contributed by atoms with Crippen LogP contribution in [0, 0.1) is 17.8 Å². The normalized spacial score (nSPS) is 21.2. The van der Waals surface area contributed by atoms with Crippen molar-refractivity contribution < 1.29 is 55.0 Å². The monoisotopic (exact) mass is 900 g/mol. The Bertz CT molecular complexity index is 2320. The molecule has 4 aliphatic heterocycles. The lowest BCUT2D eigenvalue weighted by Gasteiger charge is -2.39. The quantitative estimate of drug-likeness (QED) is 0.265. The second kappa shape index (κ2) is 18.2. The Morgan fingerprint density at radius 3 is 2.05 bits per heavy atom. The zero-order valence-electron chi connectivity index (χ0n) is 35.5. The van der Waals surface area contributed by atoms with E-state index in [0.717, 1.165) is 17.8 Å². The number of piperidine rings is 2. The molecule has 14 nitrogen and oxygen atoms in total. The second-order valence-corrected chi connectivity index (χ2v) is 17.1. The standard InChI is InChI=1S/C44H50F6N8O6/c1-63-24-37(59)56-15-5-8-35-31(21-56)39(52-51-35)41(61)54-16-13-27(14-17-54)30-10-9-28(20-34(30)44(48,49)50)58-36-23-57(38(60)25-64-2)22-32(36)40(53-58)42(62)55-18-11-26(12-19-55)29-6-3-4-7-33(29)43(45,46)47/h3-4,6-7,9-10,20,26-27,30,34H,5,8,11-19,21-25H2,1-2H3,(H,51,52). The molecule has 1 N–H and O–H groups in total. The van der Waals surface area contributed by atoms with E-state index in [1.807, 2.05) is 0 Å². The maximum absolute atomic E-state index is 15.1. The number of aromatic amines is 1. The van der Waals surface area contributed by atoms with E-state index in [0.29, 0.717) is 49.0 Å². The molecule has 1 aliphatic carbocycles. The molecule has 3 aromatic rings. The van der Waals surface area contributed by atoms with E-state index in [2.05, 4.69) is 15.3 Å². The highest BCUT2D eigenvalue weighted by atomic mass is 19.4. The van der Waals surface area contributed by atoms with Crippen LogP contribution in [-0.2, 0) is 51.3 Å². The molecule has 2 atom stereocenters. The van der Waals surface area contributed by atoms with Crippen LogP contribution in [0.2, 0.25) is 0 Å². The summed E-state index contributed by atoms with van der Waals surface area (Å²) in [6.07, 6.45) is -2.61. The number of halogens is 6. The van der Waals surface area contributed by atoms with Gasteiger partial charge in [-0.05, 0) is 80.1 Å². The summed E-state index contributed by atoms with van der Waals surface area (Å²) < 4.78 is 98.1. The number of H-pyrrole nitrogens is 1. The predicted molar refractivity (Wildman–Crippen MR) is 217 cm³/mol. The van der Waals surface area contributed by atoms with Gasteiger partial charge in [0.25, 0.3) is 11.8 Å². The van der Waals surface area contributed by atoms with Crippen LogP contribution in [0.5, 0.6) is 0 Å². The Morgan fingerprint density at radius 1 is 0.766 bits per heavy atom. The number of hydrogen-bond acceptors (Lipinski definition) is 8. The summed E-state index contributed by atoms with van der Waals surface area (Å²) in [6.45, 7) is 0.961. The largest absolute Gasteiger partial charge is 0.416 e. The molecule has 2 fully saturated rings. The van der Waals surface area contributed by atoms with Gasteiger partial charge in [-0.15, -0.1) is 0 Å². The summed E-state index contributed by atoms with van der Waals surface area (Å²) in [5.41, 5.74) is 1.89. The SMILES string of the molecule is COCC(=O)N1CCCc2[nH]nc(C(=O)N3CCC(C4C=CC(n5nc(C(=O)N6CCC(c7ccccc7C(F)(F)F)CC6)c6c5CN(C(=O)COC)C6)=CC4C(F)(F)F)CC3)c2C1. The lowest BCUT2D eigenvalue weighted by Crippen LogP contribution is -2.43.